The topological polar surface area (TPSA) is 73.8 Å². The van der Waals surface area contributed by atoms with Crippen LogP contribution in [0.3, 0.4) is 0 Å². The number of allylic oxidation sites excluding steroid dienone is 2. The molecule has 0 aromatic rings. The first-order valence-corrected chi connectivity index (χ1v) is 9.08. The van der Waals surface area contributed by atoms with Gasteiger partial charge in [0.05, 0.1) is 11.8 Å². The van der Waals surface area contributed by atoms with Crippen molar-refractivity contribution in [2.24, 2.45) is 40.5 Å². The summed E-state index contributed by atoms with van der Waals surface area (Å²) < 4.78 is 0. The number of hydrogen-bond acceptors (Lipinski definition) is 3. The maximum atomic E-state index is 12.6. The third-order valence-corrected chi connectivity index (χ3v) is 6.22. The van der Waals surface area contributed by atoms with Gasteiger partial charge in [-0.3, -0.25) is 19.5 Å². The molecule has 2 saturated carbocycles. The molecule has 6 unspecified atom stereocenters. The van der Waals surface area contributed by atoms with E-state index in [2.05, 4.69) is 34.7 Å². The van der Waals surface area contributed by atoms with Gasteiger partial charge in [-0.2, -0.15) is 0 Å². The zero-order valence-corrected chi connectivity index (χ0v) is 17.1. The predicted octanol–water partition coefficient (Wildman–Crippen LogP) is 1.23. The molecule has 6 atom stereocenters. The lowest BCUT2D eigenvalue weighted by atomic mass is 9.85. The number of fused-ring (bicyclic) bond motifs is 5. The monoisotopic (exact) mass is 458 g/mol. The number of aliphatic imine (C=N–C) groups is 1. The van der Waals surface area contributed by atoms with Crippen LogP contribution in [0.1, 0.15) is 19.8 Å². The van der Waals surface area contributed by atoms with Crippen LogP contribution in [0, 0.1) is 35.5 Å². The second-order valence-corrected chi connectivity index (χ2v) is 7.68. The standard InChI is InChI=1S/C18H26N4O2.HI/c1-10-7-13(10)9-21-18(19-2)20-5-6-22-16(23)14-11-3-4-12(8-11)15(14)17(22)24;/h3-4,10-15H,5-9H2,1-2H3,(H2,19,20,21);1H. The molecule has 0 aromatic carbocycles. The largest absolute Gasteiger partial charge is 0.356 e. The molecule has 0 radical (unpaired) electrons. The predicted molar refractivity (Wildman–Crippen MR) is 106 cm³/mol. The second kappa shape index (κ2) is 7.25. The molecule has 6 nitrogen and oxygen atoms in total. The summed E-state index contributed by atoms with van der Waals surface area (Å²) >= 11 is 0. The lowest BCUT2D eigenvalue weighted by molar-refractivity contribution is -0.140. The SMILES string of the molecule is CN=C(NCCN1C(=O)C2C3C=CC(C3)C2C1=O)NCC1CC1C.I. The Hall–Kier alpha value is -1.12. The van der Waals surface area contributed by atoms with E-state index in [9.17, 15) is 9.59 Å². The Balaban J connectivity index is 0.00000182. The van der Waals surface area contributed by atoms with Crippen LogP contribution in [0.2, 0.25) is 0 Å². The Bertz CT molecular complexity index is 590. The van der Waals surface area contributed by atoms with E-state index < -0.39 is 0 Å². The average molecular weight is 458 g/mol. The fourth-order valence-corrected chi connectivity index (χ4v) is 4.60. The van der Waals surface area contributed by atoms with Gasteiger partial charge in [-0.1, -0.05) is 19.1 Å². The van der Waals surface area contributed by atoms with Crippen molar-refractivity contribution in [1.82, 2.24) is 15.5 Å². The summed E-state index contributed by atoms with van der Waals surface area (Å²) in [5, 5.41) is 6.53. The van der Waals surface area contributed by atoms with Crippen LogP contribution in [0.15, 0.2) is 17.1 Å². The van der Waals surface area contributed by atoms with Crippen molar-refractivity contribution >= 4 is 41.8 Å². The van der Waals surface area contributed by atoms with E-state index >= 15 is 0 Å². The molecule has 3 fully saturated rings. The number of amides is 2. The molecule has 1 heterocycles. The summed E-state index contributed by atoms with van der Waals surface area (Å²) in [6.07, 6.45) is 6.52. The molecule has 2 bridgehead atoms. The number of rotatable bonds is 5. The summed E-state index contributed by atoms with van der Waals surface area (Å²) in [4.78, 5) is 30.8. The molecule has 1 aliphatic heterocycles. The summed E-state index contributed by atoms with van der Waals surface area (Å²) in [6.45, 7) is 4.15. The highest BCUT2D eigenvalue weighted by molar-refractivity contribution is 14.0. The third kappa shape index (κ3) is 3.31. The van der Waals surface area contributed by atoms with Crippen LogP contribution in [0.4, 0.5) is 0 Å². The summed E-state index contributed by atoms with van der Waals surface area (Å²) in [5.41, 5.74) is 0. The van der Waals surface area contributed by atoms with Gasteiger partial charge in [0, 0.05) is 26.7 Å². The van der Waals surface area contributed by atoms with E-state index in [1.165, 1.54) is 11.3 Å². The van der Waals surface area contributed by atoms with E-state index in [1.54, 1.807) is 7.05 Å². The van der Waals surface area contributed by atoms with Gasteiger partial charge in [0.25, 0.3) is 0 Å². The Morgan fingerprint density at radius 3 is 2.28 bits per heavy atom. The Kier molecular flexibility index (Phi) is 5.41. The number of hydrogen-bond donors (Lipinski definition) is 2. The molecule has 0 aromatic heterocycles. The van der Waals surface area contributed by atoms with Crippen molar-refractivity contribution in [2.45, 2.75) is 19.8 Å². The highest BCUT2D eigenvalue weighted by atomic mass is 127. The summed E-state index contributed by atoms with van der Waals surface area (Å²) in [5.74, 6) is 2.72. The van der Waals surface area contributed by atoms with Crippen LogP contribution < -0.4 is 10.6 Å². The van der Waals surface area contributed by atoms with E-state index in [0.717, 1.165) is 30.8 Å². The quantitative estimate of drug-likeness (QED) is 0.214. The lowest BCUT2D eigenvalue weighted by Gasteiger charge is -2.18. The zero-order valence-electron chi connectivity index (χ0n) is 14.8. The molecule has 2 amide bonds. The van der Waals surface area contributed by atoms with Gasteiger partial charge in [-0.05, 0) is 36.5 Å². The molecule has 4 rings (SSSR count). The van der Waals surface area contributed by atoms with Gasteiger partial charge in [-0.25, -0.2) is 0 Å². The minimum Gasteiger partial charge on any atom is -0.356 e. The van der Waals surface area contributed by atoms with Crippen LogP contribution in [-0.4, -0.2) is 49.4 Å². The fourth-order valence-electron chi connectivity index (χ4n) is 4.60. The average Bonchev–Trinajstić information content (AvgIpc) is 2.93. The number of likely N-dealkylation sites (tertiary alicyclic amines) is 1. The highest BCUT2D eigenvalue weighted by Gasteiger charge is 2.58. The number of nitrogens with one attached hydrogen (secondary N) is 2. The Labute approximate surface area is 165 Å². The van der Waals surface area contributed by atoms with Gasteiger partial charge in [0.2, 0.25) is 11.8 Å². The van der Waals surface area contributed by atoms with Crippen molar-refractivity contribution in [2.75, 3.05) is 26.7 Å². The van der Waals surface area contributed by atoms with E-state index in [-0.39, 0.29) is 59.5 Å². The molecule has 0 spiro atoms. The van der Waals surface area contributed by atoms with Crippen LogP contribution in [-0.2, 0) is 9.59 Å². The molecule has 2 N–H and O–H groups in total. The van der Waals surface area contributed by atoms with Crippen molar-refractivity contribution in [3.05, 3.63) is 12.2 Å². The number of halogens is 1. The number of carbonyl (C=O) groups is 2. The van der Waals surface area contributed by atoms with E-state index in [0.29, 0.717) is 13.1 Å². The molecule has 7 heteroatoms. The number of guanidine groups is 1. The first kappa shape index (κ1) is 18.7. The summed E-state index contributed by atoms with van der Waals surface area (Å²) in [6, 6.07) is 0. The Morgan fingerprint density at radius 1 is 1.16 bits per heavy atom. The first-order valence-electron chi connectivity index (χ1n) is 9.08. The molecule has 4 aliphatic rings. The van der Waals surface area contributed by atoms with Crippen LogP contribution in [0.25, 0.3) is 0 Å². The van der Waals surface area contributed by atoms with Gasteiger partial charge in [-0.15, -0.1) is 24.0 Å². The van der Waals surface area contributed by atoms with Crippen molar-refractivity contribution in [3.8, 4) is 0 Å². The zero-order chi connectivity index (χ0) is 16.8. The van der Waals surface area contributed by atoms with Crippen molar-refractivity contribution < 1.29 is 9.59 Å². The maximum absolute atomic E-state index is 12.6. The normalized spacial score (nSPS) is 38.0. The van der Waals surface area contributed by atoms with Crippen molar-refractivity contribution in [1.29, 1.82) is 0 Å². The minimum atomic E-state index is -0.0960. The van der Waals surface area contributed by atoms with Gasteiger partial charge >= 0.3 is 0 Å². The van der Waals surface area contributed by atoms with E-state index in [4.69, 9.17) is 0 Å². The smallest absolute Gasteiger partial charge is 0.233 e. The first-order chi connectivity index (χ1) is 11.6. The Morgan fingerprint density at radius 2 is 1.76 bits per heavy atom. The number of imide groups is 1. The second-order valence-electron chi connectivity index (χ2n) is 7.68. The molecular weight excluding hydrogens is 431 g/mol. The van der Waals surface area contributed by atoms with Gasteiger partial charge < -0.3 is 10.6 Å². The van der Waals surface area contributed by atoms with Gasteiger partial charge in [0.1, 0.15) is 0 Å². The third-order valence-electron chi connectivity index (χ3n) is 6.22. The molecule has 138 valence electrons. The summed E-state index contributed by atoms with van der Waals surface area (Å²) in [7, 11) is 1.74. The lowest BCUT2D eigenvalue weighted by Crippen LogP contribution is -2.44. The maximum Gasteiger partial charge on any atom is 0.233 e. The number of nitrogens with zero attached hydrogens (tertiary/aromatic N) is 2. The molecule has 1 saturated heterocycles. The fraction of sp³-hybridized carbons (Fsp3) is 0.722. The van der Waals surface area contributed by atoms with Gasteiger partial charge in [0.15, 0.2) is 5.96 Å². The molecular formula is C18H27IN4O2. The molecule has 3 aliphatic carbocycles. The minimum absolute atomic E-state index is 0. The highest BCUT2D eigenvalue weighted by Crippen LogP contribution is 2.52. The van der Waals surface area contributed by atoms with Crippen molar-refractivity contribution in [3.63, 3.8) is 0 Å². The molecule has 25 heavy (non-hydrogen) atoms. The number of carbonyl (C=O) groups excluding carboxylic acids is 2. The van der Waals surface area contributed by atoms with E-state index in [1.807, 2.05) is 0 Å². The van der Waals surface area contributed by atoms with Crippen LogP contribution in [0.5, 0.6) is 0 Å². The van der Waals surface area contributed by atoms with Crippen LogP contribution >= 0.6 is 24.0 Å².